The zero-order valence-corrected chi connectivity index (χ0v) is 17.8. The Morgan fingerprint density at radius 2 is 1.53 bits per heavy atom. The number of hydrogen-bond acceptors (Lipinski definition) is 2. The van der Waals surface area contributed by atoms with Crippen LogP contribution in [0.1, 0.15) is 31.9 Å². The van der Waals surface area contributed by atoms with Gasteiger partial charge in [0.05, 0.1) is 16.7 Å². The molecule has 3 heteroatoms. The van der Waals surface area contributed by atoms with Gasteiger partial charge in [0.1, 0.15) is 5.69 Å². The number of aromatic nitrogens is 3. The van der Waals surface area contributed by atoms with Crippen LogP contribution in [-0.4, -0.2) is 14.8 Å². The Bertz CT molecular complexity index is 1360. The highest BCUT2D eigenvalue weighted by Crippen LogP contribution is 2.34. The van der Waals surface area contributed by atoms with Gasteiger partial charge in [-0.2, -0.15) is 5.10 Å². The lowest BCUT2D eigenvalue weighted by Crippen LogP contribution is -2.11. The van der Waals surface area contributed by atoms with E-state index in [0.29, 0.717) is 0 Å². The van der Waals surface area contributed by atoms with Crippen LogP contribution in [0.5, 0.6) is 0 Å². The Morgan fingerprint density at radius 3 is 2.23 bits per heavy atom. The standard InChI is InChI=1S/C27H25N3/c1-18-10-15-22-24(16-18)28-17-23-25(19-8-6-5-7-9-19)29-30(26(22)23)21-13-11-20(12-14-21)27(2,3)4/h5-17H,1-4H3. The van der Waals surface area contributed by atoms with Crippen molar-refractivity contribution >= 4 is 21.8 Å². The monoisotopic (exact) mass is 391 g/mol. The minimum atomic E-state index is 0.119. The fraction of sp³-hybridized carbons (Fsp3) is 0.185. The van der Waals surface area contributed by atoms with Crippen molar-refractivity contribution in [1.29, 1.82) is 0 Å². The second-order valence-corrected chi connectivity index (χ2v) is 8.96. The van der Waals surface area contributed by atoms with Gasteiger partial charge in [0.2, 0.25) is 0 Å². The predicted octanol–water partition coefficient (Wildman–Crippen LogP) is 6.85. The quantitative estimate of drug-likeness (QED) is 0.329. The molecule has 0 atom stereocenters. The second kappa shape index (κ2) is 6.81. The van der Waals surface area contributed by atoms with Crippen LogP contribution in [0.4, 0.5) is 0 Å². The summed E-state index contributed by atoms with van der Waals surface area (Å²) in [5.74, 6) is 0. The van der Waals surface area contributed by atoms with E-state index >= 15 is 0 Å². The van der Waals surface area contributed by atoms with Gasteiger partial charge in [0.25, 0.3) is 0 Å². The first-order chi connectivity index (χ1) is 14.4. The van der Waals surface area contributed by atoms with Crippen molar-refractivity contribution in [3.63, 3.8) is 0 Å². The molecule has 3 aromatic carbocycles. The molecule has 0 saturated heterocycles. The fourth-order valence-electron chi connectivity index (χ4n) is 3.99. The van der Waals surface area contributed by atoms with Gasteiger partial charge in [-0.25, -0.2) is 4.68 Å². The van der Waals surface area contributed by atoms with E-state index < -0.39 is 0 Å². The molecule has 0 aliphatic carbocycles. The van der Waals surface area contributed by atoms with Gasteiger partial charge in [0.15, 0.2) is 0 Å². The Kier molecular flexibility index (Phi) is 4.21. The molecule has 2 aromatic heterocycles. The normalized spacial score (nSPS) is 12.0. The van der Waals surface area contributed by atoms with Crippen molar-refractivity contribution in [2.45, 2.75) is 33.1 Å². The molecule has 5 rings (SSSR count). The molecule has 0 spiro atoms. The van der Waals surface area contributed by atoms with Crippen molar-refractivity contribution in [2.24, 2.45) is 0 Å². The molecule has 0 aliphatic rings. The van der Waals surface area contributed by atoms with Crippen LogP contribution >= 0.6 is 0 Å². The number of pyridine rings is 1. The third-order valence-electron chi connectivity index (χ3n) is 5.69. The maximum Gasteiger partial charge on any atom is 0.102 e. The van der Waals surface area contributed by atoms with Crippen molar-refractivity contribution in [3.8, 4) is 16.9 Å². The highest BCUT2D eigenvalue weighted by molar-refractivity contribution is 6.08. The van der Waals surface area contributed by atoms with Crippen LogP contribution in [0, 0.1) is 6.92 Å². The summed E-state index contributed by atoms with van der Waals surface area (Å²) in [6, 6.07) is 25.5. The summed E-state index contributed by atoms with van der Waals surface area (Å²) >= 11 is 0. The Hall–Kier alpha value is -3.46. The summed E-state index contributed by atoms with van der Waals surface area (Å²) in [7, 11) is 0. The molecule has 2 heterocycles. The van der Waals surface area contributed by atoms with Gasteiger partial charge in [-0.15, -0.1) is 0 Å². The number of fused-ring (bicyclic) bond motifs is 3. The smallest absolute Gasteiger partial charge is 0.102 e. The minimum Gasteiger partial charge on any atom is -0.255 e. The topological polar surface area (TPSA) is 30.7 Å². The lowest BCUT2D eigenvalue weighted by Gasteiger charge is -2.19. The molecule has 0 amide bonds. The van der Waals surface area contributed by atoms with Gasteiger partial charge in [-0.05, 0) is 41.7 Å². The third kappa shape index (κ3) is 3.07. The Labute approximate surface area is 177 Å². The molecule has 0 aliphatic heterocycles. The number of rotatable bonds is 2. The molecule has 0 radical (unpaired) electrons. The van der Waals surface area contributed by atoms with Gasteiger partial charge >= 0.3 is 0 Å². The molecule has 0 unspecified atom stereocenters. The number of aryl methyl sites for hydroxylation is 1. The third-order valence-corrected chi connectivity index (χ3v) is 5.69. The molecule has 30 heavy (non-hydrogen) atoms. The summed E-state index contributed by atoms with van der Waals surface area (Å²) in [5.41, 5.74) is 7.85. The average molecular weight is 392 g/mol. The highest BCUT2D eigenvalue weighted by Gasteiger charge is 2.18. The summed E-state index contributed by atoms with van der Waals surface area (Å²) < 4.78 is 2.07. The van der Waals surface area contributed by atoms with Crippen molar-refractivity contribution < 1.29 is 0 Å². The van der Waals surface area contributed by atoms with Crippen LogP contribution in [0.25, 0.3) is 38.8 Å². The van der Waals surface area contributed by atoms with E-state index in [2.05, 4.69) is 99.1 Å². The summed E-state index contributed by atoms with van der Waals surface area (Å²) in [6.07, 6.45) is 1.96. The largest absolute Gasteiger partial charge is 0.255 e. The van der Waals surface area contributed by atoms with Crippen molar-refractivity contribution in [2.75, 3.05) is 0 Å². The van der Waals surface area contributed by atoms with Crippen LogP contribution < -0.4 is 0 Å². The van der Waals surface area contributed by atoms with Crippen molar-refractivity contribution in [3.05, 3.63) is 90.1 Å². The summed E-state index contributed by atoms with van der Waals surface area (Å²) in [6.45, 7) is 8.81. The SMILES string of the molecule is Cc1ccc2c(c1)ncc1c(-c3ccccc3)nn(-c3ccc(C(C)(C)C)cc3)c12. The number of hydrogen-bond donors (Lipinski definition) is 0. The second-order valence-electron chi connectivity index (χ2n) is 8.96. The first-order valence-electron chi connectivity index (χ1n) is 10.4. The zero-order valence-electron chi connectivity index (χ0n) is 17.8. The Balaban J connectivity index is 1.82. The maximum atomic E-state index is 5.07. The minimum absolute atomic E-state index is 0.119. The highest BCUT2D eigenvalue weighted by atomic mass is 15.3. The van der Waals surface area contributed by atoms with Crippen LogP contribution in [0.2, 0.25) is 0 Å². The molecular formula is C27H25N3. The lowest BCUT2D eigenvalue weighted by atomic mass is 9.87. The van der Waals surface area contributed by atoms with E-state index in [1.54, 1.807) is 0 Å². The van der Waals surface area contributed by atoms with Gasteiger partial charge < -0.3 is 0 Å². The van der Waals surface area contributed by atoms with Crippen LogP contribution in [-0.2, 0) is 5.41 Å². The number of nitrogens with zero attached hydrogens (tertiary/aromatic N) is 3. The Morgan fingerprint density at radius 1 is 0.800 bits per heavy atom. The first kappa shape index (κ1) is 18.6. The van der Waals surface area contributed by atoms with E-state index in [0.717, 1.165) is 38.8 Å². The molecule has 0 bridgehead atoms. The van der Waals surface area contributed by atoms with E-state index in [1.807, 2.05) is 12.3 Å². The van der Waals surface area contributed by atoms with E-state index in [-0.39, 0.29) is 5.41 Å². The van der Waals surface area contributed by atoms with Crippen LogP contribution in [0.3, 0.4) is 0 Å². The van der Waals surface area contributed by atoms with E-state index in [4.69, 9.17) is 10.1 Å². The van der Waals surface area contributed by atoms with Gasteiger partial charge in [-0.3, -0.25) is 4.98 Å². The van der Waals surface area contributed by atoms with Gasteiger partial charge in [0, 0.05) is 22.5 Å². The zero-order chi connectivity index (χ0) is 20.9. The maximum absolute atomic E-state index is 5.07. The molecule has 0 fully saturated rings. The fourth-order valence-corrected chi connectivity index (χ4v) is 3.99. The van der Waals surface area contributed by atoms with E-state index in [9.17, 15) is 0 Å². The lowest BCUT2D eigenvalue weighted by molar-refractivity contribution is 0.590. The summed E-state index contributed by atoms with van der Waals surface area (Å²) in [4.78, 5) is 4.76. The molecule has 5 aromatic rings. The van der Waals surface area contributed by atoms with E-state index in [1.165, 1.54) is 11.1 Å². The molecule has 148 valence electrons. The first-order valence-corrected chi connectivity index (χ1v) is 10.4. The predicted molar refractivity (Wildman–Crippen MR) is 125 cm³/mol. The molecule has 0 N–H and O–H groups in total. The summed E-state index contributed by atoms with van der Waals surface area (Å²) in [5, 5.41) is 7.26. The molecular weight excluding hydrogens is 366 g/mol. The average Bonchev–Trinajstić information content (AvgIpc) is 3.13. The van der Waals surface area contributed by atoms with Gasteiger partial charge in [-0.1, -0.05) is 75.4 Å². The van der Waals surface area contributed by atoms with Crippen molar-refractivity contribution in [1.82, 2.24) is 14.8 Å². The molecule has 3 nitrogen and oxygen atoms in total. The molecule has 0 saturated carbocycles. The number of benzene rings is 3. The van der Waals surface area contributed by atoms with Crippen LogP contribution in [0.15, 0.2) is 79.0 Å².